The van der Waals surface area contributed by atoms with Gasteiger partial charge in [0.05, 0.1) is 17.0 Å². The van der Waals surface area contributed by atoms with Crippen molar-refractivity contribution in [2.75, 3.05) is 0 Å². The Bertz CT molecular complexity index is 588. The van der Waals surface area contributed by atoms with Crippen LogP contribution in [0, 0.1) is 0 Å². The van der Waals surface area contributed by atoms with Gasteiger partial charge in [0.25, 0.3) is 0 Å². The molecule has 0 heterocycles. The highest BCUT2D eigenvalue weighted by Crippen LogP contribution is 2.40. The van der Waals surface area contributed by atoms with Crippen LogP contribution in [0.15, 0.2) is 42.5 Å². The number of quaternary nitrogens is 1. The second-order valence-electron chi connectivity index (χ2n) is 4.85. The molecule has 0 saturated carbocycles. The van der Waals surface area contributed by atoms with Gasteiger partial charge in [-0.05, 0) is 28.8 Å². The number of hydrogen-bond acceptors (Lipinski definition) is 1. The summed E-state index contributed by atoms with van der Waals surface area (Å²) in [7, 11) is 0. The predicted molar refractivity (Wildman–Crippen MR) is 71.8 cm³/mol. The predicted octanol–water partition coefficient (Wildman–Crippen LogP) is -0.652. The quantitative estimate of drug-likeness (QED) is 0.712. The molecule has 0 aromatic heterocycles. The molecule has 4 N–H and O–H groups in total. The van der Waals surface area contributed by atoms with E-state index in [-0.39, 0.29) is 28.6 Å². The zero-order chi connectivity index (χ0) is 12.7. The fourth-order valence-electron chi connectivity index (χ4n) is 2.85. The van der Waals surface area contributed by atoms with E-state index in [1.807, 2.05) is 24.3 Å². The zero-order valence-electron chi connectivity index (χ0n) is 10.3. The largest absolute Gasteiger partial charge is 1.00 e. The Morgan fingerprint density at radius 3 is 2.53 bits per heavy atom. The van der Waals surface area contributed by atoms with Gasteiger partial charge in [0.1, 0.15) is 5.75 Å². The normalized spacial score (nSPS) is 20.7. The van der Waals surface area contributed by atoms with Crippen LogP contribution in [0.5, 0.6) is 5.75 Å². The number of phenols is 1. The molecule has 0 aliphatic heterocycles. The van der Waals surface area contributed by atoms with Crippen LogP contribution in [0.2, 0.25) is 5.02 Å². The average molecular weight is 341 g/mol. The maximum absolute atomic E-state index is 9.78. The van der Waals surface area contributed by atoms with Gasteiger partial charge in [-0.25, -0.2) is 0 Å². The number of phenolic OH excluding ortho intramolecular Hbond substituents is 1. The van der Waals surface area contributed by atoms with E-state index in [4.69, 9.17) is 11.6 Å². The molecule has 19 heavy (non-hydrogen) atoms. The van der Waals surface area contributed by atoms with Crippen molar-refractivity contribution in [2.45, 2.75) is 18.4 Å². The van der Waals surface area contributed by atoms with Crippen LogP contribution in [0.1, 0.15) is 22.6 Å². The van der Waals surface area contributed by atoms with Crippen molar-refractivity contribution in [1.82, 2.24) is 0 Å². The lowest BCUT2D eigenvalue weighted by Crippen LogP contribution is -3.00. The summed E-state index contributed by atoms with van der Waals surface area (Å²) in [5, 5.41) is 10.2. The van der Waals surface area contributed by atoms with E-state index in [9.17, 15) is 5.11 Å². The lowest BCUT2D eigenvalue weighted by atomic mass is 9.90. The fraction of sp³-hybridized carbons (Fsp3) is 0.200. The molecule has 100 valence electrons. The first-order valence-corrected chi connectivity index (χ1v) is 6.44. The van der Waals surface area contributed by atoms with Crippen LogP contribution >= 0.6 is 11.6 Å². The van der Waals surface area contributed by atoms with Gasteiger partial charge in [-0.15, -0.1) is 0 Å². The molecule has 3 rings (SSSR count). The summed E-state index contributed by atoms with van der Waals surface area (Å²) < 4.78 is 0. The number of aromatic hydroxyl groups is 1. The Balaban J connectivity index is 0.00000133. The van der Waals surface area contributed by atoms with Crippen molar-refractivity contribution in [3.8, 4) is 5.75 Å². The molecular formula is C15H15BrClNO. The number of hydrogen-bond donors (Lipinski definition) is 2. The molecule has 0 spiro atoms. The minimum atomic E-state index is 0. The summed E-state index contributed by atoms with van der Waals surface area (Å²) in [6, 6.07) is 14.3. The standard InChI is InChI=1S/C15H14ClNO.BrH/c16-12-6-10-7-13(17)15(11(10)8-14(12)18)9-4-2-1-3-5-9;/h1-6,8,13,15,18H,7,17H2;1H/t13-,15-;/m1./s1. The van der Waals surface area contributed by atoms with E-state index in [2.05, 4.69) is 17.9 Å². The Kier molecular flexibility index (Phi) is 4.19. The molecule has 1 aliphatic carbocycles. The Labute approximate surface area is 128 Å². The maximum Gasteiger partial charge on any atom is 0.134 e. The van der Waals surface area contributed by atoms with E-state index in [1.54, 1.807) is 6.07 Å². The van der Waals surface area contributed by atoms with Gasteiger partial charge >= 0.3 is 0 Å². The van der Waals surface area contributed by atoms with Crippen LogP contribution in [0.3, 0.4) is 0 Å². The van der Waals surface area contributed by atoms with E-state index >= 15 is 0 Å². The van der Waals surface area contributed by atoms with Crippen molar-refractivity contribution in [3.63, 3.8) is 0 Å². The average Bonchev–Trinajstić information content (AvgIpc) is 2.66. The third kappa shape index (κ3) is 2.50. The lowest BCUT2D eigenvalue weighted by Gasteiger charge is -2.15. The number of fused-ring (bicyclic) bond motifs is 1. The third-order valence-electron chi connectivity index (χ3n) is 3.66. The van der Waals surface area contributed by atoms with Crippen LogP contribution in [-0.4, -0.2) is 11.1 Å². The first kappa shape index (κ1) is 14.4. The van der Waals surface area contributed by atoms with E-state index in [0.717, 1.165) is 12.0 Å². The van der Waals surface area contributed by atoms with Gasteiger partial charge in [-0.2, -0.15) is 0 Å². The number of halogens is 2. The SMILES string of the molecule is [Br-].[NH3+][C@@H]1Cc2cc(Cl)c(O)cc2[C@H]1c1ccccc1. The molecule has 0 amide bonds. The second-order valence-corrected chi connectivity index (χ2v) is 5.26. The van der Waals surface area contributed by atoms with Gasteiger partial charge in [0.2, 0.25) is 0 Å². The molecule has 2 atom stereocenters. The maximum atomic E-state index is 9.78. The summed E-state index contributed by atoms with van der Waals surface area (Å²) in [5.74, 6) is 0.412. The van der Waals surface area contributed by atoms with E-state index < -0.39 is 0 Å². The van der Waals surface area contributed by atoms with Crippen LogP contribution in [0.4, 0.5) is 0 Å². The minimum absolute atomic E-state index is 0. The molecule has 0 bridgehead atoms. The Morgan fingerprint density at radius 2 is 1.84 bits per heavy atom. The van der Waals surface area contributed by atoms with Gasteiger partial charge in [-0.1, -0.05) is 41.9 Å². The molecule has 0 saturated heterocycles. The van der Waals surface area contributed by atoms with Crippen molar-refractivity contribution < 1.29 is 27.8 Å². The van der Waals surface area contributed by atoms with Gasteiger partial charge in [0.15, 0.2) is 0 Å². The molecule has 1 aliphatic rings. The number of rotatable bonds is 1. The summed E-state index contributed by atoms with van der Waals surface area (Å²) in [6.45, 7) is 0. The molecule has 2 aromatic rings. The summed E-state index contributed by atoms with van der Waals surface area (Å²) in [5.41, 5.74) is 7.85. The highest BCUT2D eigenvalue weighted by molar-refractivity contribution is 6.32. The first-order valence-electron chi connectivity index (χ1n) is 6.06. The third-order valence-corrected chi connectivity index (χ3v) is 3.96. The molecule has 0 unspecified atom stereocenters. The smallest absolute Gasteiger partial charge is 0.134 e. The lowest BCUT2D eigenvalue weighted by molar-refractivity contribution is -0.420. The first-order chi connectivity index (χ1) is 8.66. The van der Waals surface area contributed by atoms with Gasteiger partial charge < -0.3 is 27.8 Å². The highest BCUT2D eigenvalue weighted by Gasteiger charge is 2.34. The zero-order valence-corrected chi connectivity index (χ0v) is 12.7. The molecule has 0 radical (unpaired) electrons. The molecular weight excluding hydrogens is 326 g/mol. The van der Waals surface area contributed by atoms with Crippen molar-refractivity contribution in [2.24, 2.45) is 0 Å². The Morgan fingerprint density at radius 1 is 1.16 bits per heavy atom. The minimum Gasteiger partial charge on any atom is -1.00 e. The Hall–Kier alpha value is -1.03. The van der Waals surface area contributed by atoms with Gasteiger partial charge in [-0.3, -0.25) is 0 Å². The van der Waals surface area contributed by atoms with Crippen LogP contribution < -0.4 is 22.7 Å². The second kappa shape index (κ2) is 5.53. The van der Waals surface area contributed by atoms with E-state index in [0.29, 0.717) is 11.1 Å². The highest BCUT2D eigenvalue weighted by atomic mass is 79.9. The van der Waals surface area contributed by atoms with Crippen molar-refractivity contribution >= 4 is 11.6 Å². The van der Waals surface area contributed by atoms with E-state index in [1.165, 1.54) is 11.1 Å². The van der Waals surface area contributed by atoms with Gasteiger partial charge in [0, 0.05) is 6.42 Å². The summed E-state index contributed by atoms with van der Waals surface area (Å²) >= 11 is 5.96. The van der Waals surface area contributed by atoms with Crippen LogP contribution in [-0.2, 0) is 6.42 Å². The molecule has 0 fully saturated rings. The molecule has 2 aromatic carbocycles. The van der Waals surface area contributed by atoms with Crippen molar-refractivity contribution in [3.05, 3.63) is 64.2 Å². The number of benzene rings is 2. The topological polar surface area (TPSA) is 47.9 Å². The van der Waals surface area contributed by atoms with Crippen LogP contribution in [0.25, 0.3) is 0 Å². The monoisotopic (exact) mass is 339 g/mol. The van der Waals surface area contributed by atoms with Crippen molar-refractivity contribution in [1.29, 1.82) is 0 Å². The molecule has 4 heteroatoms. The fourth-order valence-corrected chi connectivity index (χ4v) is 3.04. The summed E-state index contributed by atoms with van der Waals surface area (Å²) in [6.07, 6.45) is 0.912. The molecule has 2 nitrogen and oxygen atoms in total. The summed E-state index contributed by atoms with van der Waals surface area (Å²) in [4.78, 5) is 0.